The fourth-order valence-corrected chi connectivity index (χ4v) is 4.50. The molecule has 1 heterocycles. The predicted octanol–water partition coefficient (Wildman–Crippen LogP) is 5.21. The van der Waals surface area contributed by atoms with E-state index in [4.69, 9.17) is 15.7 Å². The third kappa shape index (κ3) is 4.45. The lowest BCUT2D eigenvalue weighted by Crippen LogP contribution is -2.18. The second-order valence-corrected chi connectivity index (χ2v) is 8.40. The van der Waals surface area contributed by atoms with Crippen LogP contribution < -0.4 is 10.2 Å². The molecule has 2 aromatic rings. The highest BCUT2D eigenvalue weighted by molar-refractivity contribution is 7.24. The van der Waals surface area contributed by atoms with Crippen LogP contribution in [0.2, 0.25) is 0 Å². The normalized spacial score (nSPS) is 16.7. The third-order valence-corrected chi connectivity index (χ3v) is 6.42. The van der Waals surface area contributed by atoms with Crippen LogP contribution in [0.3, 0.4) is 0 Å². The molecule has 0 spiro atoms. The summed E-state index contributed by atoms with van der Waals surface area (Å²) < 4.78 is 29.7. The van der Waals surface area contributed by atoms with Crippen LogP contribution in [0.5, 0.6) is 0 Å². The van der Waals surface area contributed by atoms with Gasteiger partial charge in [-0.05, 0) is 44.2 Å². The molecule has 1 aromatic carbocycles. The molecule has 1 fully saturated rings. The van der Waals surface area contributed by atoms with Gasteiger partial charge in [0.05, 0.1) is 0 Å². The molecule has 136 valence electrons. The van der Waals surface area contributed by atoms with Gasteiger partial charge < -0.3 is 0 Å². The van der Waals surface area contributed by atoms with E-state index in [2.05, 4.69) is 13.0 Å². The highest BCUT2D eigenvalue weighted by Gasteiger charge is 2.17. The molecule has 0 N–H and O–H groups in total. The molecule has 4 radical (unpaired) electrons. The SMILES string of the molecule is [B]c1cc(-c2ccc(/C(C)=C/C=C(\C)C3CCCCC3)c(F)c2F)sc1[B]. The van der Waals surface area contributed by atoms with Crippen LogP contribution in [0.25, 0.3) is 16.0 Å². The Hall–Kier alpha value is -1.61. The van der Waals surface area contributed by atoms with Crippen LogP contribution >= 0.6 is 11.3 Å². The molecule has 0 saturated heterocycles. The van der Waals surface area contributed by atoms with Crippen LogP contribution in [0.15, 0.2) is 35.9 Å². The summed E-state index contributed by atoms with van der Waals surface area (Å²) in [6, 6.07) is 4.79. The van der Waals surface area contributed by atoms with Crippen LogP contribution in [0, 0.1) is 17.6 Å². The third-order valence-electron chi connectivity index (χ3n) is 5.41. The number of halogens is 2. The van der Waals surface area contributed by atoms with Gasteiger partial charge >= 0.3 is 0 Å². The molecule has 27 heavy (non-hydrogen) atoms. The zero-order valence-electron chi connectivity index (χ0n) is 15.8. The number of hydrogen-bond acceptors (Lipinski definition) is 1. The second-order valence-electron chi connectivity index (χ2n) is 7.31. The van der Waals surface area contributed by atoms with Gasteiger partial charge in [0, 0.05) is 16.0 Å². The lowest BCUT2D eigenvalue weighted by atomic mass is 9.84. The van der Waals surface area contributed by atoms with Gasteiger partial charge in [0.25, 0.3) is 0 Å². The summed E-state index contributed by atoms with van der Waals surface area (Å²) in [5.41, 5.74) is 2.88. The summed E-state index contributed by atoms with van der Waals surface area (Å²) >= 11 is 1.16. The molecule has 1 saturated carbocycles. The Bertz CT molecular complexity index is 870. The fraction of sp³-hybridized carbons (Fsp3) is 0.364. The minimum atomic E-state index is -0.866. The summed E-state index contributed by atoms with van der Waals surface area (Å²) in [4.78, 5) is 0.530. The smallest absolute Gasteiger partial charge is 0.168 e. The molecule has 0 nitrogen and oxygen atoms in total. The molecular weight excluding hydrogens is 356 g/mol. The first-order valence-electron chi connectivity index (χ1n) is 9.37. The molecule has 0 aliphatic heterocycles. The van der Waals surface area contributed by atoms with Crippen molar-refractivity contribution in [1.82, 2.24) is 0 Å². The Morgan fingerprint density at radius 3 is 2.37 bits per heavy atom. The minimum Gasteiger partial charge on any atom is -0.203 e. The second kappa shape index (κ2) is 8.60. The predicted molar refractivity (Wildman–Crippen MR) is 114 cm³/mol. The Balaban J connectivity index is 1.87. The van der Waals surface area contributed by atoms with E-state index in [-0.39, 0.29) is 11.1 Å². The van der Waals surface area contributed by atoms with Gasteiger partial charge in [-0.1, -0.05) is 59.4 Å². The molecule has 0 unspecified atom stereocenters. The maximum atomic E-state index is 14.7. The van der Waals surface area contributed by atoms with Gasteiger partial charge in [-0.2, -0.15) is 11.3 Å². The first kappa shape index (κ1) is 20.1. The van der Waals surface area contributed by atoms with Crippen molar-refractivity contribution in [3.05, 3.63) is 53.1 Å². The zero-order valence-corrected chi connectivity index (χ0v) is 16.6. The number of thiophene rings is 1. The van der Waals surface area contributed by atoms with Crippen LogP contribution in [0.1, 0.15) is 51.5 Å². The van der Waals surface area contributed by atoms with E-state index in [9.17, 15) is 8.78 Å². The van der Waals surface area contributed by atoms with E-state index < -0.39 is 11.6 Å². The van der Waals surface area contributed by atoms with Gasteiger partial charge in [-0.25, -0.2) is 8.78 Å². The highest BCUT2D eigenvalue weighted by Crippen LogP contribution is 2.32. The first-order chi connectivity index (χ1) is 12.9. The van der Waals surface area contributed by atoms with Gasteiger partial charge in [0.2, 0.25) is 0 Å². The summed E-state index contributed by atoms with van der Waals surface area (Å²) in [5, 5.41) is 0. The van der Waals surface area contributed by atoms with Crippen LogP contribution in [-0.4, -0.2) is 15.7 Å². The standard InChI is InChI=1S/C22H22B2F2S/c1-13(15-6-4-3-5-7-15)8-9-14(2)16-10-11-17(21(26)20(16)25)19-12-18(23)22(24)27-19/h8-12,15H,3-7H2,1-2H3/b13-8+,14-9+. The molecular formula is C22H22B2F2S. The summed E-state index contributed by atoms with van der Waals surface area (Å²) in [6.07, 6.45) is 10.3. The van der Waals surface area contributed by atoms with E-state index >= 15 is 0 Å². The molecule has 5 heteroatoms. The Morgan fingerprint density at radius 2 is 1.74 bits per heavy atom. The van der Waals surface area contributed by atoms with E-state index in [0.29, 0.717) is 26.6 Å². The Kier molecular flexibility index (Phi) is 6.41. The van der Waals surface area contributed by atoms with Crippen molar-refractivity contribution in [3.63, 3.8) is 0 Å². The van der Waals surface area contributed by atoms with Gasteiger partial charge in [0.15, 0.2) is 11.6 Å². The lowest BCUT2D eigenvalue weighted by Gasteiger charge is -2.22. The quantitative estimate of drug-likeness (QED) is 0.506. The lowest BCUT2D eigenvalue weighted by molar-refractivity contribution is 0.403. The summed E-state index contributed by atoms with van der Waals surface area (Å²) in [5.74, 6) is -1.09. The van der Waals surface area contributed by atoms with E-state index in [1.807, 2.05) is 13.0 Å². The highest BCUT2D eigenvalue weighted by atomic mass is 32.1. The van der Waals surface area contributed by atoms with Crippen molar-refractivity contribution in [2.45, 2.75) is 46.0 Å². The number of allylic oxidation sites excluding steroid dienone is 4. The van der Waals surface area contributed by atoms with Crippen molar-refractivity contribution < 1.29 is 8.78 Å². The number of rotatable bonds is 4. The molecule has 1 aliphatic rings. The topological polar surface area (TPSA) is 0 Å². The minimum absolute atomic E-state index is 0.186. The van der Waals surface area contributed by atoms with Crippen molar-refractivity contribution >= 4 is 42.8 Å². The summed E-state index contributed by atoms with van der Waals surface area (Å²) in [6.45, 7) is 3.94. The average Bonchev–Trinajstić information content (AvgIpc) is 3.00. The monoisotopic (exact) mass is 378 g/mol. The molecule has 3 rings (SSSR count). The van der Waals surface area contributed by atoms with E-state index in [1.54, 1.807) is 18.2 Å². The Morgan fingerprint density at radius 1 is 1.04 bits per heavy atom. The van der Waals surface area contributed by atoms with Crippen LogP contribution in [-0.2, 0) is 0 Å². The summed E-state index contributed by atoms with van der Waals surface area (Å²) in [7, 11) is 11.5. The molecule has 0 atom stereocenters. The van der Waals surface area contributed by atoms with Crippen molar-refractivity contribution in [3.8, 4) is 10.4 Å². The number of benzene rings is 1. The molecule has 0 bridgehead atoms. The molecule has 1 aromatic heterocycles. The van der Waals surface area contributed by atoms with E-state index in [0.717, 1.165) is 11.3 Å². The fourth-order valence-electron chi connectivity index (χ4n) is 3.64. The largest absolute Gasteiger partial charge is 0.203 e. The van der Waals surface area contributed by atoms with Gasteiger partial charge in [-0.15, -0.1) is 0 Å². The van der Waals surface area contributed by atoms with Crippen molar-refractivity contribution in [2.24, 2.45) is 5.92 Å². The van der Waals surface area contributed by atoms with E-state index in [1.165, 1.54) is 37.7 Å². The Labute approximate surface area is 167 Å². The van der Waals surface area contributed by atoms with Crippen LogP contribution in [0.4, 0.5) is 8.78 Å². The molecule has 1 aliphatic carbocycles. The molecule has 0 amide bonds. The van der Waals surface area contributed by atoms with Crippen molar-refractivity contribution in [1.29, 1.82) is 0 Å². The maximum absolute atomic E-state index is 14.7. The maximum Gasteiger partial charge on any atom is 0.168 e. The van der Waals surface area contributed by atoms with Gasteiger partial charge in [0.1, 0.15) is 15.7 Å². The zero-order chi connectivity index (χ0) is 19.6. The first-order valence-corrected chi connectivity index (χ1v) is 10.2. The van der Waals surface area contributed by atoms with Gasteiger partial charge in [-0.3, -0.25) is 0 Å². The average molecular weight is 378 g/mol. The van der Waals surface area contributed by atoms with Crippen molar-refractivity contribution in [2.75, 3.05) is 0 Å². The number of hydrogen-bond donors (Lipinski definition) is 0.